The zero-order valence-electron chi connectivity index (χ0n) is 11.3. The van der Waals surface area contributed by atoms with Gasteiger partial charge < -0.3 is 13.9 Å². The van der Waals surface area contributed by atoms with Gasteiger partial charge in [-0.15, -0.1) is 0 Å². The second kappa shape index (κ2) is 6.17. The summed E-state index contributed by atoms with van der Waals surface area (Å²) in [5, 5.41) is 0. The van der Waals surface area contributed by atoms with Crippen molar-refractivity contribution in [3.63, 3.8) is 0 Å². The van der Waals surface area contributed by atoms with E-state index in [2.05, 4.69) is 4.74 Å². The molecule has 0 spiro atoms. The zero-order chi connectivity index (χ0) is 14.6. The van der Waals surface area contributed by atoms with Gasteiger partial charge in [0.25, 0.3) is 0 Å². The molecule has 19 heavy (non-hydrogen) atoms. The number of methoxy groups -OCH3 is 1. The third kappa shape index (κ3) is 3.67. The molecule has 0 N–H and O–H groups in total. The molecule has 1 aromatic heterocycles. The summed E-state index contributed by atoms with van der Waals surface area (Å²) in [5.74, 6) is -1.31. The van der Waals surface area contributed by atoms with Crippen molar-refractivity contribution in [3.8, 4) is 0 Å². The fourth-order valence-electron chi connectivity index (χ4n) is 1.45. The van der Waals surface area contributed by atoms with Crippen LogP contribution in [-0.4, -0.2) is 25.7 Å². The van der Waals surface area contributed by atoms with Crippen molar-refractivity contribution < 1.29 is 23.5 Å². The summed E-state index contributed by atoms with van der Waals surface area (Å²) in [5.41, 5.74) is -0.949. The van der Waals surface area contributed by atoms with E-state index in [0.717, 1.165) is 13.2 Å². The molecule has 0 saturated carbocycles. The monoisotopic (exact) mass is 268 g/mol. The molecule has 6 nitrogen and oxygen atoms in total. The normalized spacial score (nSPS) is 10.4. The molecule has 1 aromatic rings. The number of hydrogen-bond acceptors (Lipinski definition) is 6. The van der Waals surface area contributed by atoms with Crippen molar-refractivity contribution in [2.24, 2.45) is 5.92 Å². The Kier molecular flexibility index (Phi) is 4.86. The third-order valence-electron chi connectivity index (χ3n) is 2.29. The first-order valence-corrected chi connectivity index (χ1v) is 5.77. The second-order valence-corrected chi connectivity index (χ2v) is 4.39. The van der Waals surface area contributed by atoms with E-state index in [1.807, 2.05) is 13.8 Å². The summed E-state index contributed by atoms with van der Waals surface area (Å²) >= 11 is 0. The van der Waals surface area contributed by atoms with E-state index in [0.29, 0.717) is 0 Å². The van der Waals surface area contributed by atoms with Crippen LogP contribution in [0.5, 0.6) is 0 Å². The lowest BCUT2D eigenvalue weighted by Crippen LogP contribution is -2.19. The van der Waals surface area contributed by atoms with Crippen molar-refractivity contribution in [3.05, 3.63) is 33.4 Å². The van der Waals surface area contributed by atoms with Gasteiger partial charge in [0, 0.05) is 6.07 Å². The van der Waals surface area contributed by atoms with E-state index in [9.17, 15) is 14.4 Å². The predicted octanol–water partition coefficient (Wildman–Crippen LogP) is 1.55. The maximum absolute atomic E-state index is 11.9. The Morgan fingerprint density at radius 1 is 1.32 bits per heavy atom. The van der Waals surface area contributed by atoms with Gasteiger partial charge >= 0.3 is 17.6 Å². The lowest BCUT2D eigenvalue weighted by molar-refractivity contribution is 0.0439. The van der Waals surface area contributed by atoms with Crippen molar-refractivity contribution in [2.75, 3.05) is 13.7 Å². The number of ether oxygens (including phenoxy) is 2. The van der Waals surface area contributed by atoms with Crippen molar-refractivity contribution in [1.82, 2.24) is 0 Å². The van der Waals surface area contributed by atoms with E-state index in [1.54, 1.807) is 0 Å². The molecule has 0 amide bonds. The van der Waals surface area contributed by atoms with E-state index < -0.39 is 17.6 Å². The average molecular weight is 268 g/mol. The predicted molar refractivity (Wildman–Crippen MR) is 66.2 cm³/mol. The van der Waals surface area contributed by atoms with E-state index in [4.69, 9.17) is 9.15 Å². The molecule has 104 valence electrons. The first-order chi connectivity index (χ1) is 8.86. The first kappa shape index (κ1) is 14.9. The Bertz CT molecular complexity index is 541. The van der Waals surface area contributed by atoms with Crippen molar-refractivity contribution >= 4 is 11.9 Å². The van der Waals surface area contributed by atoms with Crippen molar-refractivity contribution in [2.45, 2.75) is 20.8 Å². The van der Waals surface area contributed by atoms with Gasteiger partial charge in [0.1, 0.15) is 11.3 Å². The molecular weight excluding hydrogens is 252 g/mol. The van der Waals surface area contributed by atoms with Crippen LogP contribution in [0.1, 0.15) is 40.3 Å². The number of esters is 2. The van der Waals surface area contributed by atoms with Crippen molar-refractivity contribution in [1.29, 1.82) is 0 Å². The molecule has 0 aromatic carbocycles. The molecule has 6 heteroatoms. The molecule has 0 radical (unpaired) electrons. The van der Waals surface area contributed by atoms with Crippen LogP contribution in [-0.2, 0) is 9.47 Å². The maximum Gasteiger partial charge on any atom is 0.342 e. The van der Waals surface area contributed by atoms with E-state index in [-0.39, 0.29) is 29.4 Å². The Balaban J connectivity index is 3.21. The quantitative estimate of drug-likeness (QED) is 0.770. The summed E-state index contributed by atoms with van der Waals surface area (Å²) in [7, 11) is 1.16. The topological polar surface area (TPSA) is 82.8 Å². The van der Waals surface area contributed by atoms with Gasteiger partial charge in [0.2, 0.25) is 0 Å². The Labute approximate surface area is 110 Å². The van der Waals surface area contributed by atoms with Crippen LogP contribution in [0.15, 0.2) is 15.3 Å². The molecule has 0 saturated heterocycles. The average Bonchev–Trinajstić information content (AvgIpc) is 2.33. The lowest BCUT2D eigenvalue weighted by Gasteiger charge is -2.10. The molecule has 0 unspecified atom stereocenters. The second-order valence-electron chi connectivity index (χ2n) is 4.39. The summed E-state index contributed by atoms with van der Waals surface area (Å²) in [6, 6.07) is 0.921. The standard InChI is InChI=1S/C13H16O6/c1-7(2)6-18-13(16)11-8(3)19-10(14)5-9(11)12(15)17-4/h5,7H,6H2,1-4H3. The van der Waals surface area contributed by atoms with Crippen LogP contribution in [0.2, 0.25) is 0 Å². The Morgan fingerprint density at radius 3 is 2.47 bits per heavy atom. The van der Waals surface area contributed by atoms with Crippen LogP contribution in [0.25, 0.3) is 0 Å². The Morgan fingerprint density at radius 2 is 1.95 bits per heavy atom. The lowest BCUT2D eigenvalue weighted by atomic mass is 10.1. The minimum Gasteiger partial charge on any atom is -0.465 e. The van der Waals surface area contributed by atoms with Gasteiger partial charge in [-0.25, -0.2) is 14.4 Å². The molecule has 0 bridgehead atoms. The third-order valence-corrected chi connectivity index (χ3v) is 2.29. The molecule has 0 aliphatic heterocycles. The number of carbonyl (C=O) groups excluding carboxylic acids is 2. The minimum atomic E-state index is -0.785. The highest BCUT2D eigenvalue weighted by molar-refractivity contribution is 6.03. The van der Waals surface area contributed by atoms with E-state index in [1.165, 1.54) is 6.92 Å². The molecule has 0 aliphatic rings. The number of rotatable bonds is 4. The van der Waals surface area contributed by atoms with Crippen LogP contribution in [0.3, 0.4) is 0 Å². The van der Waals surface area contributed by atoms with Gasteiger partial charge in [-0.2, -0.15) is 0 Å². The maximum atomic E-state index is 11.9. The fourth-order valence-corrected chi connectivity index (χ4v) is 1.45. The molecule has 1 rings (SSSR count). The summed E-state index contributed by atoms with van der Waals surface area (Å²) < 4.78 is 14.4. The fraction of sp³-hybridized carbons (Fsp3) is 0.462. The van der Waals surface area contributed by atoms with Gasteiger partial charge in [-0.1, -0.05) is 13.8 Å². The zero-order valence-corrected chi connectivity index (χ0v) is 11.3. The molecular formula is C13H16O6. The Hall–Kier alpha value is -2.11. The number of aryl methyl sites for hydroxylation is 1. The highest BCUT2D eigenvalue weighted by atomic mass is 16.5. The highest BCUT2D eigenvalue weighted by Crippen LogP contribution is 2.15. The molecule has 0 aliphatic carbocycles. The van der Waals surface area contributed by atoms with Crippen LogP contribution < -0.4 is 5.63 Å². The van der Waals surface area contributed by atoms with Gasteiger partial charge in [-0.3, -0.25) is 0 Å². The summed E-state index contributed by atoms with van der Waals surface area (Å²) in [6.07, 6.45) is 0. The van der Waals surface area contributed by atoms with Crippen LogP contribution in [0.4, 0.5) is 0 Å². The van der Waals surface area contributed by atoms with Crippen LogP contribution in [0, 0.1) is 12.8 Å². The smallest absolute Gasteiger partial charge is 0.342 e. The van der Waals surface area contributed by atoms with E-state index >= 15 is 0 Å². The SMILES string of the molecule is COC(=O)c1cc(=O)oc(C)c1C(=O)OCC(C)C. The first-order valence-electron chi connectivity index (χ1n) is 5.77. The van der Waals surface area contributed by atoms with Gasteiger partial charge in [-0.05, 0) is 12.8 Å². The highest BCUT2D eigenvalue weighted by Gasteiger charge is 2.24. The number of carbonyl (C=O) groups is 2. The molecule has 0 atom stereocenters. The molecule has 0 fully saturated rings. The molecule has 1 heterocycles. The number of hydrogen-bond donors (Lipinski definition) is 0. The van der Waals surface area contributed by atoms with Gasteiger partial charge in [0.15, 0.2) is 0 Å². The minimum absolute atomic E-state index is 0.0293. The largest absolute Gasteiger partial charge is 0.465 e. The van der Waals surface area contributed by atoms with Gasteiger partial charge in [0.05, 0.1) is 19.3 Å². The summed E-state index contributed by atoms with van der Waals surface area (Å²) in [4.78, 5) is 34.7. The summed E-state index contributed by atoms with van der Waals surface area (Å²) in [6.45, 7) is 5.39. The van der Waals surface area contributed by atoms with Crippen LogP contribution >= 0.6 is 0 Å².